The second-order valence-corrected chi connectivity index (χ2v) is 9.91. The maximum absolute atomic E-state index is 6.26. The van der Waals surface area contributed by atoms with Gasteiger partial charge in [-0.1, -0.05) is 42.5 Å². The summed E-state index contributed by atoms with van der Waals surface area (Å²) >= 11 is 0. The highest BCUT2D eigenvalue weighted by atomic mass is 31.2. The molecule has 7 N–H and O–H groups in total. The predicted octanol–water partition coefficient (Wildman–Crippen LogP) is 3.94. The van der Waals surface area contributed by atoms with Crippen molar-refractivity contribution in [3.63, 3.8) is 0 Å². The maximum atomic E-state index is 6.26. The maximum Gasteiger partial charge on any atom is 0.397 e. The topological polar surface area (TPSA) is 149 Å². The van der Waals surface area contributed by atoms with Gasteiger partial charge in [0.25, 0.3) is 0 Å². The van der Waals surface area contributed by atoms with Crippen molar-refractivity contribution in [2.24, 2.45) is 27.5 Å². The number of nitrogens with one attached hydrogen (secondary N) is 1. The van der Waals surface area contributed by atoms with Gasteiger partial charge < -0.3 is 30.0 Å². The Kier molecular flexibility index (Phi) is 13.0. The first kappa shape index (κ1) is 30.3. The third-order valence-electron chi connectivity index (χ3n) is 5.62. The van der Waals surface area contributed by atoms with E-state index >= 15 is 0 Å². The van der Waals surface area contributed by atoms with Crippen molar-refractivity contribution >= 4 is 20.3 Å². The van der Waals surface area contributed by atoms with Crippen LogP contribution in [-0.2, 0) is 15.6 Å². The SMILES string of the molecule is CCOP(OCC)Oc1ccc(CN2NC(c3ccccc3)=NN=C2CC/C(N)=C/N(N)CCCCN)cc1. The minimum Gasteiger partial charge on any atom is -0.427 e. The van der Waals surface area contributed by atoms with Crippen LogP contribution in [0.5, 0.6) is 5.75 Å². The highest BCUT2D eigenvalue weighted by Crippen LogP contribution is 2.40. The normalized spacial score (nSPS) is 13.7. The minimum absolute atomic E-state index is 0.523. The summed E-state index contributed by atoms with van der Waals surface area (Å²) in [5.74, 6) is 8.19. The van der Waals surface area contributed by atoms with Crippen molar-refractivity contribution < 1.29 is 13.6 Å². The Morgan fingerprint density at radius 3 is 2.41 bits per heavy atom. The smallest absolute Gasteiger partial charge is 0.397 e. The number of hydrogen-bond acceptors (Lipinski definition) is 11. The quantitative estimate of drug-likeness (QED) is 0.0984. The fraction of sp³-hybridized carbons (Fsp3) is 0.407. The number of unbranched alkanes of at least 4 members (excludes halogenated alkanes) is 1. The van der Waals surface area contributed by atoms with E-state index in [9.17, 15) is 0 Å². The predicted molar refractivity (Wildman–Crippen MR) is 157 cm³/mol. The van der Waals surface area contributed by atoms with E-state index < -0.39 is 8.60 Å². The summed E-state index contributed by atoms with van der Waals surface area (Å²) in [4.78, 5) is 0. The third-order valence-corrected chi connectivity index (χ3v) is 6.92. The molecule has 0 aromatic heterocycles. The summed E-state index contributed by atoms with van der Waals surface area (Å²) < 4.78 is 17.0. The lowest BCUT2D eigenvalue weighted by atomic mass is 10.1. The third kappa shape index (κ3) is 10.5. The van der Waals surface area contributed by atoms with Crippen LogP contribution in [0.1, 0.15) is 50.7 Å². The zero-order chi connectivity index (χ0) is 27.9. The van der Waals surface area contributed by atoms with Gasteiger partial charge in [-0.3, -0.25) is 10.4 Å². The molecule has 1 heterocycles. The van der Waals surface area contributed by atoms with Crippen molar-refractivity contribution in [3.05, 3.63) is 77.6 Å². The molecule has 1 aliphatic rings. The van der Waals surface area contributed by atoms with Gasteiger partial charge in [0.1, 0.15) is 11.6 Å². The minimum atomic E-state index is -1.42. The van der Waals surface area contributed by atoms with Crippen LogP contribution in [-0.4, -0.2) is 48.0 Å². The van der Waals surface area contributed by atoms with Gasteiger partial charge in [-0.25, -0.2) is 5.84 Å². The molecular weight excluding hydrogens is 515 g/mol. The highest BCUT2D eigenvalue weighted by molar-refractivity contribution is 7.42. The fourth-order valence-corrected chi connectivity index (χ4v) is 4.57. The van der Waals surface area contributed by atoms with Gasteiger partial charge in [-0.15, -0.1) is 10.2 Å². The highest BCUT2D eigenvalue weighted by Gasteiger charge is 2.20. The number of amidine groups is 2. The van der Waals surface area contributed by atoms with Gasteiger partial charge in [0, 0.05) is 30.4 Å². The van der Waals surface area contributed by atoms with Gasteiger partial charge in [0.2, 0.25) is 0 Å². The summed E-state index contributed by atoms with van der Waals surface area (Å²) in [6.07, 6.45) is 4.79. The number of nitrogens with zero attached hydrogens (tertiary/aromatic N) is 4. The van der Waals surface area contributed by atoms with Gasteiger partial charge in [-0.05, 0) is 57.4 Å². The van der Waals surface area contributed by atoms with E-state index in [0.717, 1.165) is 29.8 Å². The van der Waals surface area contributed by atoms with Crippen molar-refractivity contribution in [2.75, 3.05) is 26.3 Å². The van der Waals surface area contributed by atoms with Gasteiger partial charge in [0.05, 0.1) is 19.8 Å². The van der Waals surface area contributed by atoms with Crippen LogP contribution in [0.25, 0.3) is 0 Å². The Morgan fingerprint density at radius 2 is 1.74 bits per heavy atom. The zero-order valence-electron chi connectivity index (χ0n) is 22.8. The van der Waals surface area contributed by atoms with Crippen LogP contribution in [0, 0.1) is 0 Å². The van der Waals surface area contributed by atoms with E-state index in [1.54, 1.807) is 11.2 Å². The molecule has 0 bridgehead atoms. The monoisotopic (exact) mass is 556 g/mol. The Balaban J connectivity index is 1.69. The Hall–Kier alpha value is -3.21. The molecule has 0 saturated heterocycles. The van der Waals surface area contributed by atoms with Crippen LogP contribution < -0.4 is 27.3 Å². The molecule has 0 spiro atoms. The number of hydrogen-bond donors (Lipinski definition) is 4. The molecule has 1 aliphatic heterocycles. The van der Waals surface area contributed by atoms with Crippen molar-refractivity contribution in [1.29, 1.82) is 0 Å². The number of allylic oxidation sites excluding steroid dienone is 1. The zero-order valence-corrected chi connectivity index (χ0v) is 23.7. The van der Waals surface area contributed by atoms with Crippen LogP contribution >= 0.6 is 8.60 Å². The molecule has 2 aromatic carbocycles. The summed E-state index contributed by atoms with van der Waals surface area (Å²) in [5.41, 5.74) is 17.9. The van der Waals surface area contributed by atoms with Crippen LogP contribution in [0.4, 0.5) is 0 Å². The second-order valence-electron chi connectivity index (χ2n) is 8.76. The van der Waals surface area contributed by atoms with Crippen molar-refractivity contribution in [2.45, 2.75) is 46.1 Å². The lowest BCUT2D eigenvalue weighted by molar-refractivity contribution is 0.221. The molecule has 2 aromatic rings. The second kappa shape index (κ2) is 16.7. The van der Waals surface area contributed by atoms with E-state index in [0.29, 0.717) is 63.0 Å². The molecule has 0 unspecified atom stereocenters. The van der Waals surface area contributed by atoms with Crippen molar-refractivity contribution in [1.82, 2.24) is 15.4 Å². The largest absolute Gasteiger partial charge is 0.427 e. The van der Waals surface area contributed by atoms with E-state index in [4.69, 9.17) is 30.9 Å². The van der Waals surface area contributed by atoms with Crippen LogP contribution in [0.3, 0.4) is 0 Å². The number of rotatable bonds is 17. The molecule has 3 rings (SSSR count). The molecule has 0 radical (unpaired) electrons. The molecule has 39 heavy (non-hydrogen) atoms. The molecule has 0 fully saturated rings. The molecule has 0 aliphatic carbocycles. The molecule has 212 valence electrons. The fourth-order valence-electron chi connectivity index (χ4n) is 3.67. The lowest BCUT2D eigenvalue weighted by Gasteiger charge is -2.30. The summed E-state index contributed by atoms with van der Waals surface area (Å²) in [6.45, 7) is 6.79. The first-order valence-corrected chi connectivity index (χ1v) is 14.4. The van der Waals surface area contributed by atoms with E-state index in [2.05, 4.69) is 15.6 Å². The first-order chi connectivity index (χ1) is 19.0. The van der Waals surface area contributed by atoms with Gasteiger partial charge >= 0.3 is 8.60 Å². The van der Waals surface area contributed by atoms with Crippen LogP contribution in [0.2, 0.25) is 0 Å². The molecule has 0 atom stereocenters. The standard InChI is InChI=1S/C27H41N8O3P/c1-3-36-39(37-4-2)38-25-15-12-22(13-16-25)20-35-26(17-14-24(29)21-34(30)19-9-8-18-28)31-32-27(33-35)23-10-6-5-7-11-23/h5-7,10-13,15-16,21H,3-4,8-9,14,17-20,28-30H2,1-2H3,(H,32,33)/b24-21-. The average Bonchev–Trinajstić information content (AvgIpc) is 2.94. The summed E-state index contributed by atoms with van der Waals surface area (Å²) in [7, 11) is -1.42. The van der Waals surface area contributed by atoms with Gasteiger partial charge in [-0.2, -0.15) is 0 Å². The molecular formula is C27H41N8O3P. The van der Waals surface area contributed by atoms with Crippen LogP contribution in [0.15, 0.2) is 76.7 Å². The summed E-state index contributed by atoms with van der Waals surface area (Å²) in [5, 5.41) is 12.6. The molecule has 12 heteroatoms. The molecule has 11 nitrogen and oxygen atoms in total. The van der Waals surface area contributed by atoms with E-state index in [-0.39, 0.29) is 0 Å². The Morgan fingerprint density at radius 1 is 1.03 bits per heavy atom. The molecule has 0 amide bonds. The molecule has 0 saturated carbocycles. The average molecular weight is 557 g/mol. The Labute approximate surface area is 232 Å². The van der Waals surface area contributed by atoms with E-state index in [1.807, 2.05) is 73.5 Å². The Bertz CT molecular complexity index is 1080. The number of nitrogens with two attached hydrogens (primary N) is 3. The van der Waals surface area contributed by atoms with Gasteiger partial charge in [0.15, 0.2) is 5.84 Å². The first-order valence-electron chi connectivity index (χ1n) is 13.3. The lowest BCUT2D eigenvalue weighted by Crippen LogP contribution is -2.48. The van der Waals surface area contributed by atoms with Crippen molar-refractivity contribution in [3.8, 4) is 5.75 Å². The number of hydrazine groups is 2. The van der Waals surface area contributed by atoms with E-state index in [1.165, 1.54) is 0 Å². The number of benzene rings is 2. The summed E-state index contributed by atoms with van der Waals surface area (Å²) in [6, 6.07) is 17.7.